The van der Waals surface area contributed by atoms with Gasteiger partial charge in [0.05, 0.1) is 6.21 Å². The summed E-state index contributed by atoms with van der Waals surface area (Å²) in [4.78, 5) is 23.6. The van der Waals surface area contributed by atoms with Crippen molar-refractivity contribution in [2.75, 3.05) is 12.1 Å². The van der Waals surface area contributed by atoms with Gasteiger partial charge in [0.2, 0.25) is 6.79 Å². The first-order valence-corrected chi connectivity index (χ1v) is 7.71. The molecule has 0 atom stereocenters. The maximum atomic E-state index is 11.8. The summed E-state index contributed by atoms with van der Waals surface area (Å²) in [6.07, 6.45) is 1.40. The van der Waals surface area contributed by atoms with Crippen molar-refractivity contribution in [1.82, 2.24) is 5.43 Å². The highest BCUT2D eigenvalue weighted by Gasteiger charge is 2.14. The number of ether oxygens (including phenoxy) is 2. The second-order valence-corrected chi connectivity index (χ2v) is 5.64. The number of anilines is 1. The van der Waals surface area contributed by atoms with Crippen LogP contribution in [0.4, 0.5) is 5.69 Å². The predicted octanol–water partition coefficient (Wildman–Crippen LogP) is 2.47. The largest absolute Gasteiger partial charge is 0.454 e. The standard InChI is InChI=1S/C17H14ClN3O4/c1-10-2-4-12(7-13(10)18)20-16(22)17(23)21-19-8-11-3-5-14-15(6-11)25-9-24-14/h2-8H,9H2,1H3,(H,20,22)(H,21,23). The molecule has 0 saturated carbocycles. The molecular formula is C17H14ClN3O4. The number of rotatable bonds is 3. The molecule has 0 aromatic heterocycles. The Morgan fingerprint density at radius 2 is 1.92 bits per heavy atom. The molecule has 2 aromatic rings. The molecule has 7 nitrogen and oxygen atoms in total. The minimum Gasteiger partial charge on any atom is -0.454 e. The molecule has 1 aliphatic heterocycles. The Morgan fingerprint density at radius 3 is 2.72 bits per heavy atom. The highest BCUT2D eigenvalue weighted by Crippen LogP contribution is 2.31. The minimum atomic E-state index is -0.895. The van der Waals surface area contributed by atoms with Crippen LogP contribution in [-0.4, -0.2) is 24.8 Å². The van der Waals surface area contributed by atoms with Gasteiger partial charge in [0.1, 0.15) is 0 Å². The number of benzene rings is 2. The van der Waals surface area contributed by atoms with Crippen molar-refractivity contribution in [1.29, 1.82) is 0 Å². The van der Waals surface area contributed by atoms with Crippen molar-refractivity contribution in [3.05, 3.63) is 52.5 Å². The number of fused-ring (bicyclic) bond motifs is 1. The van der Waals surface area contributed by atoms with Gasteiger partial charge in [-0.2, -0.15) is 5.10 Å². The van der Waals surface area contributed by atoms with Crippen molar-refractivity contribution in [2.45, 2.75) is 6.92 Å². The van der Waals surface area contributed by atoms with Crippen molar-refractivity contribution in [2.24, 2.45) is 5.10 Å². The SMILES string of the molecule is Cc1ccc(NC(=O)C(=O)NN=Cc2ccc3c(c2)OCO3)cc1Cl. The van der Waals surface area contributed by atoms with E-state index in [1.165, 1.54) is 6.21 Å². The maximum Gasteiger partial charge on any atom is 0.329 e. The lowest BCUT2D eigenvalue weighted by Gasteiger charge is -2.05. The summed E-state index contributed by atoms with van der Waals surface area (Å²) < 4.78 is 10.4. The first-order chi connectivity index (χ1) is 12.0. The summed E-state index contributed by atoms with van der Waals surface area (Å²) in [6, 6.07) is 10.2. The molecule has 0 radical (unpaired) electrons. The van der Waals surface area contributed by atoms with E-state index in [4.69, 9.17) is 21.1 Å². The first-order valence-electron chi connectivity index (χ1n) is 7.33. The summed E-state index contributed by atoms with van der Waals surface area (Å²) in [6.45, 7) is 2.02. The van der Waals surface area contributed by atoms with Crippen LogP contribution in [0.3, 0.4) is 0 Å². The van der Waals surface area contributed by atoms with E-state index < -0.39 is 11.8 Å². The Morgan fingerprint density at radius 1 is 1.12 bits per heavy atom. The molecule has 1 heterocycles. The highest BCUT2D eigenvalue weighted by atomic mass is 35.5. The molecule has 2 amide bonds. The Balaban J connectivity index is 1.56. The van der Waals surface area contributed by atoms with Gasteiger partial charge in [0.25, 0.3) is 0 Å². The van der Waals surface area contributed by atoms with Crippen molar-refractivity contribution < 1.29 is 19.1 Å². The van der Waals surface area contributed by atoms with Crippen LogP contribution in [0, 0.1) is 6.92 Å². The van der Waals surface area contributed by atoms with E-state index in [2.05, 4.69) is 15.8 Å². The number of hydrogen-bond acceptors (Lipinski definition) is 5. The maximum absolute atomic E-state index is 11.8. The van der Waals surface area contributed by atoms with Crippen LogP contribution in [0.2, 0.25) is 5.02 Å². The summed E-state index contributed by atoms with van der Waals surface area (Å²) in [5.41, 5.74) is 4.15. The second-order valence-electron chi connectivity index (χ2n) is 5.23. The molecule has 0 bridgehead atoms. The normalized spacial score (nSPS) is 12.2. The zero-order valence-electron chi connectivity index (χ0n) is 13.2. The zero-order valence-corrected chi connectivity index (χ0v) is 14.0. The molecule has 25 heavy (non-hydrogen) atoms. The molecule has 0 fully saturated rings. The Labute approximate surface area is 148 Å². The molecule has 2 N–H and O–H groups in total. The molecule has 128 valence electrons. The monoisotopic (exact) mass is 359 g/mol. The number of hydrazone groups is 1. The van der Waals surface area contributed by atoms with E-state index >= 15 is 0 Å². The molecule has 0 saturated heterocycles. The smallest absolute Gasteiger partial charge is 0.329 e. The van der Waals surface area contributed by atoms with Gasteiger partial charge in [-0.3, -0.25) is 9.59 Å². The molecule has 0 spiro atoms. The van der Waals surface area contributed by atoms with Crippen LogP contribution in [-0.2, 0) is 9.59 Å². The number of aryl methyl sites for hydroxylation is 1. The van der Waals surface area contributed by atoms with Gasteiger partial charge in [-0.05, 0) is 48.4 Å². The van der Waals surface area contributed by atoms with Gasteiger partial charge in [0.15, 0.2) is 11.5 Å². The number of nitrogens with one attached hydrogen (secondary N) is 2. The van der Waals surface area contributed by atoms with E-state index in [1.54, 1.807) is 36.4 Å². The van der Waals surface area contributed by atoms with E-state index in [0.717, 1.165) is 5.56 Å². The quantitative estimate of drug-likeness (QED) is 0.500. The molecule has 3 rings (SSSR count). The third kappa shape index (κ3) is 4.07. The lowest BCUT2D eigenvalue weighted by atomic mass is 10.2. The Bertz CT molecular complexity index is 867. The molecule has 0 unspecified atom stereocenters. The van der Waals surface area contributed by atoms with Crippen LogP contribution in [0.1, 0.15) is 11.1 Å². The van der Waals surface area contributed by atoms with E-state index in [-0.39, 0.29) is 6.79 Å². The van der Waals surface area contributed by atoms with Crippen molar-refractivity contribution in [3.63, 3.8) is 0 Å². The van der Waals surface area contributed by atoms with Gasteiger partial charge in [-0.1, -0.05) is 17.7 Å². The summed E-state index contributed by atoms with van der Waals surface area (Å²) in [7, 11) is 0. The molecule has 8 heteroatoms. The van der Waals surface area contributed by atoms with Crippen molar-refractivity contribution in [3.8, 4) is 11.5 Å². The fourth-order valence-electron chi connectivity index (χ4n) is 2.07. The zero-order chi connectivity index (χ0) is 17.8. The number of nitrogens with zero attached hydrogens (tertiary/aromatic N) is 1. The Kier molecular flexibility index (Phi) is 4.85. The predicted molar refractivity (Wildman–Crippen MR) is 93.1 cm³/mol. The van der Waals surface area contributed by atoms with Gasteiger partial charge in [-0.25, -0.2) is 5.43 Å². The first kappa shape index (κ1) is 16.8. The van der Waals surface area contributed by atoms with Gasteiger partial charge >= 0.3 is 11.8 Å². The minimum absolute atomic E-state index is 0.176. The number of carbonyl (C=O) groups is 2. The average Bonchev–Trinajstić information content (AvgIpc) is 3.05. The molecule has 0 aliphatic carbocycles. The third-order valence-corrected chi connectivity index (χ3v) is 3.82. The topological polar surface area (TPSA) is 89.0 Å². The Hall–Kier alpha value is -3.06. The summed E-state index contributed by atoms with van der Waals surface area (Å²) in [5, 5.41) is 6.70. The molecular weight excluding hydrogens is 346 g/mol. The number of halogens is 1. The molecule has 1 aliphatic rings. The summed E-state index contributed by atoms with van der Waals surface area (Å²) in [5.74, 6) is -0.488. The fraction of sp³-hybridized carbons (Fsp3) is 0.118. The van der Waals surface area contributed by atoms with E-state index in [0.29, 0.717) is 27.8 Å². The third-order valence-electron chi connectivity index (χ3n) is 3.41. The molecule has 2 aromatic carbocycles. The number of carbonyl (C=O) groups excluding carboxylic acids is 2. The van der Waals surface area contributed by atoms with Crippen LogP contribution in [0.25, 0.3) is 0 Å². The average molecular weight is 360 g/mol. The van der Waals surface area contributed by atoms with Gasteiger partial charge in [0, 0.05) is 10.7 Å². The van der Waals surface area contributed by atoms with Gasteiger partial charge < -0.3 is 14.8 Å². The fourth-order valence-corrected chi connectivity index (χ4v) is 2.25. The van der Waals surface area contributed by atoms with Crippen LogP contribution in [0.5, 0.6) is 11.5 Å². The lowest BCUT2D eigenvalue weighted by molar-refractivity contribution is -0.136. The van der Waals surface area contributed by atoms with Crippen molar-refractivity contribution >= 4 is 35.3 Å². The summed E-state index contributed by atoms with van der Waals surface area (Å²) >= 11 is 5.97. The highest BCUT2D eigenvalue weighted by molar-refractivity contribution is 6.39. The van der Waals surface area contributed by atoms with Crippen LogP contribution >= 0.6 is 11.6 Å². The van der Waals surface area contributed by atoms with E-state index in [9.17, 15) is 9.59 Å². The van der Waals surface area contributed by atoms with E-state index in [1.807, 2.05) is 6.92 Å². The van der Waals surface area contributed by atoms with Gasteiger partial charge in [-0.15, -0.1) is 0 Å². The van der Waals surface area contributed by atoms with Crippen LogP contribution < -0.4 is 20.2 Å². The number of hydrogen-bond donors (Lipinski definition) is 2. The second kappa shape index (κ2) is 7.23. The van der Waals surface area contributed by atoms with Crippen LogP contribution in [0.15, 0.2) is 41.5 Å². The lowest BCUT2D eigenvalue weighted by Crippen LogP contribution is -2.32. The number of amides is 2.